The van der Waals surface area contributed by atoms with Crippen molar-refractivity contribution in [3.63, 3.8) is 0 Å². The largest absolute Gasteiger partial charge is 0.497 e. The van der Waals surface area contributed by atoms with Gasteiger partial charge < -0.3 is 9.30 Å². The highest BCUT2D eigenvalue weighted by Gasteiger charge is 2.15. The van der Waals surface area contributed by atoms with Gasteiger partial charge in [-0.1, -0.05) is 0 Å². The fourth-order valence-corrected chi connectivity index (χ4v) is 1.86. The van der Waals surface area contributed by atoms with Crippen LogP contribution in [0, 0.1) is 4.91 Å². The van der Waals surface area contributed by atoms with Gasteiger partial charge in [-0.2, -0.15) is 0 Å². The minimum Gasteiger partial charge on any atom is -0.497 e. The molecule has 17 heavy (non-hydrogen) atoms. The van der Waals surface area contributed by atoms with Gasteiger partial charge in [0.15, 0.2) is 7.05 Å². The van der Waals surface area contributed by atoms with Gasteiger partial charge in [-0.15, -0.1) is 0 Å². The van der Waals surface area contributed by atoms with E-state index in [1.807, 2.05) is 37.4 Å². The Labute approximate surface area is 100 Å². The summed E-state index contributed by atoms with van der Waals surface area (Å²) < 4.78 is 8.26. The second-order valence-electron chi connectivity index (χ2n) is 4.29. The van der Waals surface area contributed by atoms with Crippen LogP contribution in [0.5, 0.6) is 5.75 Å². The molecule has 0 unspecified atom stereocenters. The Hall–Kier alpha value is -1.84. The number of aromatic nitrogens is 1. The Balaban J connectivity index is 2.33. The molecule has 0 N–H and O–H groups in total. The molecule has 2 aromatic rings. The van der Waals surface area contributed by atoms with Crippen molar-refractivity contribution in [2.24, 2.45) is 0 Å². The van der Waals surface area contributed by atoms with Crippen LogP contribution in [0.2, 0.25) is 0 Å². The number of hydrogen-bond donors (Lipinski definition) is 0. The van der Waals surface area contributed by atoms with Gasteiger partial charge in [-0.05, 0) is 29.0 Å². The monoisotopic (exact) mass is 233 g/mol. The maximum Gasteiger partial charge on any atom is 0.215 e. The third kappa shape index (κ3) is 2.30. The van der Waals surface area contributed by atoms with Crippen molar-refractivity contribution >= 4 is 10.9 Å². The maximum absolute atomic E-state index is 11.2. The number of likely N-dealkylation sites (N-methyl/N-ethyl adjacent to an activating group) is 1. The molecule has 90 valence electrons. The molecular formula is C13H17N2O2+. The summed E-state index contributed by atoms with van der Waals surface area (Å²) in [5.74, 6) is 0.851. The molecule has 0 saturated heterocycles. The van der Waals surface area contributed by atoms with Gasteiger partial charge in [0.25, 0.3) is 0 Å². The number of benzene rings is 1. The summed E-state index contributed by atoms with van der Waals surface area (Å²) in [6, 6.07) is 7.95. The van der Waals surface area contributed by atoms with Gasteiger partial charge in [-0.25, -0.2) is 0 Å². The average molecular weight is 233 g/mol. The molecule has 4 nitrogen and oxygen atoms in total. The Morgan fingerprint density at radius 3 is 2.82 bits per heavy atom. The molecule has 0 spiro atoms. The van der Waals surface area contributed by atoms with E-state index in [1.54, 1.807) is 14.2 Å². The molecule has 0 aliphatic heterocycles. The van der Waals surface area contributed by atoms with Crippen LogP contribution in [0.1, 0.15) is 6.92 Å². The molecule has 0 aliphatic rings. The SMILES string of the molecule is COc1ccc2c(ccn2C[C@@H](C)[N+](C)=O)c1. The van der Waals surface area contributed by atoms with E-state index in [9.17, 15) is 4.91 Å². The predicted molar refractivity (Wildman–Crippen MR) is 67.5 cm³/mol. The standard InChI is InChI=1S/C13H17N2O2/c1-10(14(2)16)9-15-7-6-11-8-12(17-3)4-5-13(11)15/h4-8,10H,9H2,1-3H3/q+1/t10-/m1/s1. The van der Waals surface area contributed by atoms with E-state index in [2.05, 4.69) is 4.57 Å². The fraction of sp³-hybridized carbons (Fsp3) is 0.385. The van der Waals surface area contributed by atoms with Crippen molar-refractivity contribution in [1.82, 2.24) is 4.57 Å². The van der Waals surface area contributed by atoms with E-state index >= 15 is 0 Å². The number of nitrogens with zero attached hydrogens (tertiary/aromatic N) is 2. The van der Waals surface area contributed by atoms with Gasteiger partial charge in [-0.3, -0.25) is 0 Å². The normalized spacial score (nSPS) is 12.6. The summed E-state index contributed by atoms with van der Waals surface area (Å²) in [6.45, 7) is 2.61. The van der Waals surface area contributed by atoms with Crippen molar-refractivity contribution < 1.29 is 9.50 Å². The Bertz CT molecular complexity index is 545. The lowest BCUT2D eigenvalue weighted by Crippen LogP contribution is -2.22. The summed E-state index contributed by atoms with van der Waals surface area (Å²) >= 11 is 0. The van der Waals surface area contributed by atoms with E-state index in [-0.39, 0.29) is 6.04 Å². The molecule has 4 heteroatoms. The molecule has 1 aromatic heterocycles. The first kappa shape index (κ1) is 11.6. The van der Waals surface area contributed by atoms with Crippen LogP contribution in [-0.2, 0) is 6.54 Å². The van der Waals surface area contributed by atoms with Crippen LogP contribution >= 0.6 is 0 Å². The van der Waals surface area contributed by atoms with Gasteiger partial charge in [0.1, 0.15) is 5.75 Å². The first-order valence-corrected chi connectivity index (χ1v) is 5.64. The third-order valence-electron chi connectivity index (χ3n) is 3.06. The molecular weight excluding hydrogens is 216 g/mol. The number of fused-ring (bicyclic) bond motifs is 1. The zero-order chi connectivity index (χ0) is 12.4. The third-order valence-corrected chi connectivity index (χ3v) is 3.06. The number of ether oxygens (including phenoxy) is 1. The minimum atomic E-state index is -0.0345. The molecule has 0 radical (unpaired) electrons. The smallest absolute Gasteiger partial charge is 0.215 e. The molecule has 0 aliphatic carbocycles. The molecule has 1 heterocycles. The van der Waals surface area contributed by atoms with Gasteiger partial charge >= 0.3 is 0 Å². The Morgan fingerprint density at radius 1 is 1.41 bits per heavy atom. The second-order valence-corrected chi connectivity index (χ2v) is 4.29. The molecule has 1 atom stereocenters. The highest BCUT2D eigenvalue weighted by atomic mass is 16.5. The lowest BCUT2D eigenvalue weighted by molar-refractivity contribution is -0.556. The highest BCUT2D eigenvalue weighted by molar-refractivity contribution is 5.81. The van der Waals surface area contributed by atoms with E-state index < -0.39 is 0 Å². The first-order chi connectivity index (χ1) is 8.11. The molecule has 0 bridgehead atoms. The van der Waals surface area contributed by atoms with Gasteiger partial charge in [0.05, 0.1) is 13.7 Å². The van der Waals surface area contributed by atoms with Gasteiger partial charge in [0, 0.05) is 28.9 Å². The maximum atomic E-state index is 11.2. The van der Waals surface area contributed by atoms with E-state index in [4.69, 9.17) is 4.74 Å². The van der Waals surface area contributed by atoms with E-state index in [0.29, 0.717) is 6.54 Å². The minimum absolute atomic E-state index is 0.0345. The number of rotatable bonds is 4. The van der Waals surface area contributed by atoms with Crippen molar-refractivity contribution in [1.29, 1.82) is 0 Å². The second kappa shape index (κ2) is 4.57. The number of nitroso groups, excluding NO2 is 1. The van der Waals surface area contributed by atoms with Gasteiger partial charge in [0.2, 0.25) is 6.04 Å². The fourth-order valence-electron chi connectivity index (χ4n) is 1.86. The number of hydrogen-bond acceptors (Lipinski definition) is 2. The van der Waals surface area contributed by atoms with Crippen LogP contribution < -0.4 is 4.74 Å². The molecule has 0 amide bonds. The summed E-state index contributed by atoms with van der Waals surface area (Å²) in [4.78, 5) is 11.2. The summed E-state index contributed by atoms with van der Waals surface area (Å²) in [5, 5.41) is 1.13. The Kier molecular flexibility index (Phi) is 3.13. The topological polar surface area (TPSA) is 34.2 Å². The van der Waals surface area contributed by atoms with E-state index in [1.165, 1.54) is 0 Å². The van der Waals surface area contributed by atoms with Crippen molar-refractivity contribution in [2.75, 3.05) is 14.2 Å². The van der Waals surface area contributed by atoms with Crippen molar-refractivity contribution in [2.45, 2.75) is 19.5 Å². The van der Waals surface area contributed by atoms with Crippen LogP contribution in [0.25, 0.3) is 10.9 Å². The summed E-state index contributed by atoms with van der Waals surface area (Å²) in [7, 11) is 3.21. The van der Waals surface area contributed by atoms with Crippen molar-refractivity contribution in [3.8, 4) is 5.75 Å². The van der Waals surface area contributed by atoms with Crippen LogP contribution in [0.15, 0.2) is 30.5 Å². The Morgan fingerprint density at radius 2 is 2.18 bits per heavy atom. The van der Waals surface area contributed by atoms with E-state index in [0.717, 1.165) is 21.4 Å². The zero-order valence-corrected chi connectivity index (χ0v) is 10.4. The van der Waals surface area contributed by atoms with Crippen molar-refractivity contribution in [3.05, 3.63) is 35.4 Å². The summed E-state index contributed by atoms with van der Waals surface area (Å²) in [5.41, 5.74) is 1.12. The predicted octanol–water partition coefficient (Wildman–Crippen LogP) is 2.45. The molecule has 2 rings (SSSR count). The zero-order valence-electron chi connectivity index (χ0n) is 10.4. The molecule has 1 aromatic carbocycles. The molecule has 0 fully saturated rings. The lowest BCUT2D eigenvalue weighted by Gasteiger charge is -2.06. The van der Waals surface area contributed by atoms with Crippen LogP contribution in [-0.4, -0.2) is 29.5 Å². The van der Waals surface area contributed by atoms with Crippen LogP contribution in [0.4, 0.5) is 0 Å². The highest BCUT2D eigenvalue weighted by Crippen LogP contribution is 2.22. The average Bonchev–Trinajstić information content (AvgIpc) is 2.71. The first-order valence-electron chi connectivity index (χ1n) is 5.64. The van der Waals surface area contributed by atoms with Crippen LogP contribution in [0.3, 0.4) is 0 Å². The lowest BCUT2D eigenvalue weighted by atomic mass is 10.2. The quantitative estimate of drug-likeness (QED) is 0.760. The number of methoxy groups -OCH3 is 1. The summed E-state index contributed by atoms with van der Waals surface area (Å²) in [6.07, 6.45) is 2.00. The molecule has 0 saturated carbocycles.